The highest BCUT2D eigenvalue weighted by Crippen LogP contribution is 2.19. The molecule has 0 bridgehead atoms. The van der Waals surface area contributed by atoms with Crippen LogP contribution in [0.15, 0.2) is 11.5 Å². The Morgan fingerprint density at radius 2 is 2.44 bits per heavy atom. The van der Waals surface area contributed by atoms with E-state index in [1.54, 1.807) is 32.1 Å². The minimum Gasteiger partial charge on any atom is -0.368 e. The number of likely N-dealkylation sites (N-methyl/N-ethyl adjacent to an activating group) is 1. The number of nitrogens with one attached hydrogen (secondary N) is 1. The molecule has 3 N–H and O–H groups in total. The zero-order valence-corrected chi connectivity index (χ0v) is 10.5. The van der Waals surface area contributed by atoms with Crippen LogP contribution >= 0.6 is 11.8 Å². The van der Waals surface area contributed by atoms with Crippen LogP contribution < -0.4 is 11.1 Å². The first kappa shape index (κ1) is 13.0. The number of carbonyl (C=O) groups is 1. The number of hydrogen-bond acceptors (Lipinski definition) is 5. The van der Waals surface area contributed by atoms with Crippen LogP contribution in [0, 0.1) is 0 Å². The van der Waals surface area contributed by atoms with Crippen LogP contribution in [0.3, 0.4) is 0 Å². The summed E-state index contributed by atoms with van der Waals surface area (Å²) in [5.41, 5.74) is 4.67. The molecule has 0 spiro atoms. The highest BCUT2D eigenvalue weighted by Gasteiger charge is 2.28. The minimum atomic E-state index is -0.661. The molecule has 0 aliphatic heterocycles. The summed E-state index contributed by atoms with van der Waals surface area (Å²) in [6.45, 7) is 1.80. The molecule has 0 saturated carbocycles. The van der Waals surface area contributed by atoms with Crippen LogP contribution in [0.2, 0.25) is 0 Å². The molecule has 7 heteroatoms. The van der Waals surface area contributed by atoms with Gasteiger partial charge in [-0.1, -0.05) is 11.8 Å². The summed E-state index contributed by atoms with van der Waals surface area (Å²) in [4.78, 5) is 11.2. The van der Waals surface area contributed by atoms with E-state index in [2.05, 4.69) is 15.5 Å². The number of nitrogens with two attached hydrogens (primary N) is 1. The van der Waals surface area contributed by atoms with Crippen LogP contribution in [0.5, 0.6) is 0 Å². The van der Waals surface area contributed by atoms with Gasteiger partial charge in [-0.25, -0.2) is 0 Å². The molecule has 0 aliphatic rings. The van der Waals surface area contributed by atoms with E-state index in [1.807, 2.05) is 11.6 Å². The molecule has 1 rings (SSSR count). The van der Waals surface area contributed by atoms with Crippen molar-refractivity contribution in [2.45, 2.75) is 24.0 Å². The van der Waals surface area contributed by atoms with Crippen molar-refractivity contribution >= 4 is 17.7 Å². The smallest absolute Gasteiger partial charge is 0.237 e. The molecule has 6 nitrogen and oxygen atoms in total. The molecule has 16 heavy (non-hydrogen) atoms. The zero-order valence-electron chi connectivity index (χ0n) is 9.73. The van der Waals surface area contributed by atoms with Crippen molar-refractivity contribution in [3.05, 3.63) is 6.33 Å². The Kier molecular flexibility index (Phi) is 4.31. The first-order valence-electron chi connectivity index (χ1n) is 4.95. The average Bonchev–Trinajstić information content (AvgIpc) is 2.64. The Balaban J connectivity index is 2.46. The fourth-order valence-corrected chi connectivity index (χ4v) is 2.17. The third-order valence-electron chi connectivity index (χ3n) is 2.60. The Hall–Kier alpha value is -1.08. The van der Waals surface area contributed by atoms with Crippen LogP contribution in [-0.4, -0.2) is 39.0 Å². The summed E-state index contributed by atoms with van der Waals surface area (Å²) in [6.07, 6.45) is 2.30. The second-order valence-corrected chi connectivity index (χ2v) is 4.83. The summed E-state index contributed by atoms with van der Waals surface area (Å²) in [6, 6.07) is 0. The average molecular weight is 243 g/mol. The van der Waals surface area contributed by atoms with E-state index >= 15 is 0 Å². The molecule has 0 aliphatic carbocycles. The molecule has 1 atom stereocenters. The molecule has 0 aromatic carbocycles. The van der Waals surface area contributed by atoms with Crippen molar-refractivity contribution in [2.75, 3.05) is 12.8 Å². The van der Waals surface area contributed by atoms with Gasteiger partial charge in [-0.15, -0.1) is 10.2 Å². The Morgan fingerprint density at radius 3 is 2.88 bits per heavy atom. The molecule has 1 aromatic heterocycles. The fraction of sp³-hybridized carbons (Fsp3) is 0.667. The van der Waals surface area contributed by atoms with Crippen molar-refractivity contribution in [3.8, 4) is 0 Å². The quantitative estimate of drug-likeness (QED) is 0.674. The van der Waals surface area contributed by atoms with Crippen LogP contribution in [-0.2, 0) is 11.8 Å². The van der Waals surface area contributed by atoms with Crippen molar-refractivity contribution < 1.29 is 4.79 Å². The maximum absolute atomic E-state index is 11.2. The summed E-state index contributed by atoms with van der Waals surface area (Å²) in [7, 11) is 3.62. The van der Waals surface area contributed by atoms with E-state index < -0.39 is 5.54 Å². The number of aromatic nitrogens is 3. The summed E-state index contributed by atoms with van der Waals surface area (Å²) < 4.78 is 1.84. The minimum absolute atomic E-state index is 0.339. The second-order valence-electron chi connectivity index (χ2n) is 3.77. The lowest BCUT2D eigenvalue weighted by atomic mass is 9.99. The van der Waals surface area contributed by atoms with Crippen LogP contribution in [0.25, 0.3) is 0 Å². The first-order chi connectivity index (χ1) is 7.49. The second kappa shape index (κ2) is 5.31. The predicted molar refractivity (Wildman–Crippen MR) is 63.0 cm³/mol. The Bertz CT molecular complexity index is 367. The highest BCUT2D eigenvalue weighted by atomic mass is 32.2. The molecule has 1 heterocycles. The van der Waals surface area contributed by atoms with Gasteiger partial charge in [0.2, 0.25) is 5.91 Å². The molecule has 1 aromatic rings. The largest absolute Gasteiger partial charge is 0.368 e. The number of primary amides is 1. The molecular formula is C9H17N5OS. The van der Waals surface area contributed by atoms with E-state index in [0.717, 1.165) is 10.9 Å². The van der Waals surface area contributed by atoms with E-state index in [9.17, 15) is 4.79 Å². The van der Waals surface area contributed by atoms with Gasteiger partial charge in [-0.2, -0.15) is 0 Å². The maximum atomic E-state index is 11.2. The van der Waals surface area contributed by atoms with E-state index in [-0.39, 0.29) is 5.91 Å². The molecule has 0 saturated heterocycles. The summed E-state index contributed by atoms with van der Waals surface area (Å²) >= 11 is 1.55. The summed E-state index contributed by atoms with van der Waals surface area (Å²) in [5.74, 6) is 0.417. The number of hydrogen-bond donors (Lipinski definition) is 2. The summed E-state index contributed by atoms with van der Waals surface area (Å²) in [5, 5.41) is 11.5. The number of nitrogens with zero attached hydrogens (tertiary/aromatic N) is 3. The van der Waals surface area contributed by atoms with Crippen LogP contribution in [0.1, 0.15) is 13.3 Å². The normalized spacial score (nSPS) is 14.7. The van der Waals surface area contributed by atoms with Gasteiger partial charge in [0.25, 0.3) is 0 Å². The van der Waals surface area contributed by atoms with Crippen molar-refractivity contribution in [1.82, 2.24) is 20.1 Å². The topological polar surface area (TPSA) is 85.8 Å². The number of aryl methyl sites for hydroxylation is 1. The van der Waals surface area contributed by atoms with Gasteiger partial charge in [-0.05, 0) is 20.4 Å². The van der Waals surface area contributed by atoms with E-state index in [1.165, 1.54) is 0 Å². The SMILES string of the molecule is CNC(C)(CCSc1nncn1C)C(N)=O. The van der Waals surface area contributed by atoms with Gasteiger partial charge in [0.05, 0.1) is 5.54 Å². The lowest BCUT2D eigenvalue weighted by Crippen LogP contribution is -2.51. The molecule has 0 radical (unpaired) electrons. The predicted octanol–water partition coefficient (Wildman–Crippen LogP) is -0.239. The lowest BCUT2D eigenvalue weighted by Gasteiger charge is -2.24. The van der Waals surface area contributed by atoms with Gasteiger partial charge in [-0.3, -0.25) is 4.79 Å². The monoisotopic (exact) mass is 243 g/mol. The van der Waals surface area contributed by atoms with Gasteiger partial charge >= 0.3 is 0 Å². The van der Waals surface area contributed by atoms with Crippen LogP contribution in [0.4, 0.5) is 0 Å². The third kappa shape index (κ3) is 2.96. The Morgan fingerprint density at radius 1 is 1.75 bits per heavy atom. The standard InChI is InChI=1S/C9H17N5OS/c1-9(11-2,7(10)15)4-5-16-8-13-12-6-14(8)3/h6,11H,4-5H2,1-3H3,(H2,10,15). The third-order valence-corrected chi connectivity index (χ3v) is 3.63. The highest BCUT2D eigenvalue weighted by molar-refractivity contribution is 7.99. The number of carbonyl (C=O) groups excluding carboxylic acids is 1. The molecular weight excluding hydrogens is 226 g/mol. The maximum Gasteiger partial charge on any atom is 0.237 e. The van der Waals surface area contributed by atoms with Gasteiger partial charge < -0.3 is 15.6 Å². The first-order valence-corrected chi connectivity index (χ1v) is 5.94. The van der Waals surface area contributed by atoms with Gasteiger partial charge in [0.15, 0.2) is 5.16 Å². The zero-order chi connectivity index (χ0) is 12.2. The lowest BCUT2D eigenvalue weighted by molar-refractivity contribution is -0.123. The molecule has 1 unspecified atom stereocenters. The number of amides is 1. The van der Waals surface area contributed by atoms with E-state index in [0.29, 0.717) is 6.42 Å². The Labute approximate surface area is 99.0 Å². The van der Waals surface area contributed by atoms with Gasteiger partial charge in [0.1, 0.15) is 6.33 Å². The number of thioether (sulfide) groups is 1. The molecule has 0 fully saturated rings. The van der Waals surface area contributed by atoms with Crippen molar-refractivity contribution in [2.24, 2.45) is 12.8 Å². The number of rotatable bonds is 6. The molecule has 1 amide bonds. The van der Waals surface area contributed by atoms with Crippen molar-refractivity contribution in [3.63, 3.8) is 0 Å². The van der Waals surface area contributed by atoms with Gasteiger partial charge in [0, 0.05) is 12.8 Å². The fourth-order valence-electron chi connectivity index (χ4n) is 1.12. The molecule has 90 valence electrons. The van der Waals surface area contributed by atoms with E-state index in [4.69, 9.17) is 5.73 Å². The van der Waals surface area contributed by atoms with Crippen molar-refractivity contribution in [1.29, 1.82) is 0 Å².